The van der Waals surface area contributed by atoms with E-state index in [1.54, 1.807) is 20.2 Å². The minimum Gasteiger partial charge on any atom is -0.478 e. The zero-order chi connectivity index (χ0) is 28.0. The highest BCUT2D eigenvalue weighted by Crippen LogP contribution is 2.29. The number of nitrogens with zero attached hydrogens (tertiary/aromatic N) is 1. The van der Waals surface area contributed by atoms with Crippen molar-refractivity contribution in [2.24, 2.45) is 17.1 Å². The Hall–Kier alpha value is -2.71. The van der Waals surface area contributed by atoms with Crippen molar-refractivity contribution in [2.75, 3.05) is 14.1 Å². The quantitative estimate of drug-likeness (QED) is 0.345. The molecule has 5 N–H and O–H groups in total. The van der Waals surface area contributed by atoms with Crippen LogP contribution in [0.15, 0.2) is 35.9 Å². The molecule has 1 rings (SSSR count). The van der Waals surface area contributed by atoms with E-state index in [2.05, 4.69) is 10.6 Å². The van der Waals surface area contributed by atoms with Gasteiger partial charge in [0.25, 0.3) is 0 Å². The third-order valence-electron chi connectivity index (χ3n) is 6.81. The Morgan fingerprint density at radius 2 is 1.69 bits per heavy atom. The van der Waals surface area contributed by atoms with Crippen molar-refractivity contribution >= 4 is 17.8 Å². The van der Waals surface area contributed by atoms with Gasteiger partial charge in [-0.2, -0.15) is 0 Å². The fraction of sp³-hybridized carbons (Fsp3) is 0.607. The van der Waals surface area contributed by atoms with E-state index in [0.717, 1.165) is 11.1 Å². The van der Waals surface area contributed by atoms with Crippen molar-refractivity contribution in [3.05, 3.63) is 47.0 Å². The lowest BCUT2D eigenvalue weighted by Crippen LogP contribution is -2.61. The molecule has 0 spiro atoms. The second-order valence-corrected chi connectivity index (χ2v) is 11.5. The number of nitrogens with two attached hydrogens (primary N) is 1. The smallest absolute Gasteiger partial charge is 0.331 e. The first-order valence-electron chi connectivity index (χ1n) is 12.4. The molecule has 0 heterocycles. The molecular weight excluding hydrogens is 456 g/mol. The highest BCUT2D eigenvalue weighted by atomic mass is 16.4. The average Bonchev–Trinajstić information content (AvgIpc) is 2.79. The van der Waals surface area contributed by atoms with Crippen LogP contribution in [0.3, 0.4) is 0 Å². The van der Waals surface area contributed by atoms with Gasteiger partial charge in [-0.15, -0.1) is 0 Å². The molecule has 0 unspecified atom stereocenters. The molecular formula is C28H46N4O4. The van der Waals surface area contributed by atoms with E-state index < -0.39 is 34.9 Å². The molecule has 3 atom stereocenters. The number of amides is 2. The largest absolute Gasteiger partial charge is 0.478 e. The molecule has 0 saturated heterocycles. The number of carbonyl (C=O) groups is 3. The van der Waals surface area contributed by atoms with E-state index in [9.17, 15) is 19.5 Å². The summed E-state index contributed by atoms with van der Waals surface area (Å²) in [6.07, 6.45) is 1.59. The lowest BCUT2D eigenvalue weighted by atomic mass is 9.76. The maximum atomic E-state index is 13.7. The van der Waals surface area contributed by atoms with Gasteiger partial charge in [0, 0.05) is 24.6 Å². The number of rotatable bonds is 11. The lowest BCUT2D eigenvalue weighted by Gasteiger charge is -2.40. The second kappa shape index (κ2) is 12.5. The normalized spacial score (nSPS) is 15.3. The van der Waals surface area contributed by atoms with Crippen LogP contribution in [0.4, 0.5) is 0 Å². The summed E-state index contributed by atoms with van der Waals surface area (Å²) in [5.41, 5.74) is 6.75. The summed E-state index contributed by atoms with van der Waals surface area (Å²) in [4.78, 5) is 40.3. The molecule has 8 nitrogen and oxygen atoms in total. The third kappa shape index (κ3) is 7.64. The molecule has 0 fully saturated rings. The molecule has 0 aromatic heterocycles. The van der Waals surface area contributed by atoms with Crippen molar-refractivity contribution < 1.29 is 19.5 Å². The van der Waals surface area contributed by atoms with Gasteiger partial charge in [-0.1, -0.05) is 78.8 Å². The number of carboxylic acid groups (broad SMARTS) is 1. The number of carboxylic acids is 1. The molecule has 0 aliphatic carbocycles. The maximum absolute atomic E-state index is 13.7. The molecule has 0 bridgehead atoms. The molecule has 36 heavy (non-hydrogen) atoms. The number of carbonyl (C=O) groups excluding carboxylic acids is 2. The second-order valence-electron chi connectivity index (χ2n) is 11.5. The predicted octanol–water partition coefficient (Wildman–Crippen LogP) is 3.06. The van der Waals surface area contributed by atoms with Gasteiger partial charge in [0.1, 0.15) is 6.04 Å². The van der Waals surface area contributed by atoms with Gasteiger partial charge in [0.05, 0.1) is 12.1 Å². The predicted molar refractivity (Wildman–Crippen MR) is 144 cm³/mol. The van der Waals surface area contributed by atoms with E-state index in [4.69, 9.17) is 5.73 Å². The summed E-state index contributed by atoms with van der Waals surface area (Å²) in [6, 6.07) is 5.97. The van der Waals surface area contributed by atoms with E-state index in [0.29, 0.717) is 6.54 Å². The Bertz CT molecular complexity index is 963. The van der Waals surface area contributed by atoms with Gasteiger partial charge in [0.15, 0.2) is 0 Å². The summed E-state index contributed by atoms with van der Waals surface area (Å²) in [5.74, 6) is -1.62. The molecule has 2 amide bonds. The molecule has 0 radical (unpaired) electrons. The first kappa shape index (κ1) is 31.3. The number of benzene rings is 1. The monoisotopic (exact) mass is 502 g/mol. The third-order valence-corrected chi connectivity index (χ3v) is 6.81. The fourth-order valence-corrected chi connectivity index (χ4v) is 4.39. The van der Waals surface area contributed by atoms with Gasteiger partial charge in [-0.25, -0.2) is 4.79 Å². The highest BCUT2D eigenvalue weighted by Gasteiger charge is 2.41. The van der Waals surface area contributed by atoms with Crippen LogP contribution >= 0.6 is 0 Å². The minimum absolute atomic E-state index is 0.0246. The number of nitrogens with one attached hydrogen (secondary N) is 2. The first-order chi connectivity index (χ1) is 16.5. The van der Waals surface area contributed by atoms with Crippen molar-refractivity contribution in [2.45, 2.75) is 85.5 Å². The van der Waals surface area contributed by atoms with Gasteiger partial charge in [0.2, 0.25) is 11.8 Å². The Labute approximate surface area is 216 Å². The molecule has 0 aliphatic heterocycles. The van der Waals surface area contributed by atoms with Crippen LogP contribution in [-0.2, 0) is 26.3 Å². The minimum atomic E-state index is -1.03. The van der Waals surface area contributed by atoms with Crippen LogP contribution in [0.25, 0.3) is 0 Å². The molecule has 1 aromatic carbocycles. The molecule has 202 valence electrons. The van der Waals surface area contributed by atoms with Crippen LogP contribution < -0.4 is 16.4 Å². The summed E-state index contributed by atoms with van der Waals surface area (Å²) >= 11 is 0. The SMILES string of the molecule is CN[C@H](C(=O)N[C@H](C(=O)N(C)[C@H](/C=C(\C)C(=O)O)C(C)C)C(C)(C)C)C(C)(C)c1cccc(CN)c1. The number of aliphatic carboxylic acids is 1. The number of hydrogen-bond donors (Lipinski definition) is 4. The van der Waals surface area contributed by atoms with Gasteiger partial charge >= 0.3 is 5.97 Å². The first-order valence-corrected chi connectivity index (χ1v) is 12.4. The van der Waals surface area contributed by atoms with Gasteiger partial charge in [-0.3, -0.25) is 9.59 Å². The van der Waals surface area contributed by atoms with Gasteiger partial charge in [-0.05, 0) is 36.4 Å². The van der Waals surface area contributed by atoms with E-state index >= 15 is 0 Å². The van der Waals surface area contributed by atoms with Crippen molar-refractivity contribution in [3.63, 3.8) is 0 Å². The highest BCUT2D eigenvalue weighted by molar-refractivity contribution is 5.91. The number of likely N-dealkylation sites (N-methyl/N-ethyl adjacent to an activating group) is 2. The Morgan fingerprint density at radius 3 is 2.14 bits per heavy atom. The molecule has 8 heteroatoms. The average molecular weight is 503 g/mol. The van der Waals surface area contributed by atoms with Crippen molar-refractivity contribution in [3.8, 4) is 0 Å². The van der Waals surface area contributed by atoms with Crippen LogP contribution in [0.5, 0.6) is 0 Å². The van der Waals surface area contributed by atoms with Gasteiger partial charge < -0.3 is 26.4 Å². The van der Waals surface area contributed by atoms with E-state index in [1.165, 1.54) is 11.8 Å². The summed E-state index contributed by atoms with van der Waals surface area (Å²) in [6.45, 7) is 15.4. The Balaban J connectivity index is 3.33. The summed E-state index contributed by atoms with van der Waals surface area (Å²) < 4.78 is 0. The van der Waals surface area contributed by atoms with E-state index in [1.807, 2.05) is 72.7 Å². The Morgan fingerprint density at radius 1 is 1.11 bits per heavy atom. The van der Waals surface area contributed by atoms with Crippen molar-refractivity contribution in [1.82, 2.24) is 15.5 Å². The number of hydrogen-bond acceptors (Lipinski definition) is 5. The fourth-order valence-electron chi connectivity index (χ4n) is 4.39. The van der Waals surface area contributed by atoms with Crippen LogP contribution in [0, 0.1) is 11.3 Å². The van der Waals surface area contributed by atoms with Crippen LogP contribution in [-0.4, -0.2) is 60.0 Å². The van der Waals surface area contributed by atoms with E-state index in [-0.39, 0.29) is 23.3 Å². The summed E-state index contributed by atoms with van der Waals surface area (Å²) in [7, 11) is 3.38. The summed E-state index contributed by atoms with van der Waals surface area (Å²) in [5, 5.41) is 15.5. The van der Waals surface area contributed by atoms with Crippen LogP contribution in [0.2, 0.25) is 0 Å². The molecule has 1 aromatic rings. The zero-order valence-corrected chi connectivity index (χ0v) is 23.6. The molecule has 0 saturated carbocycles. The Kier molecular flexibility index (Phi) is 10.9. The van der Waals surface area contributed by atoms with Crippen LogP contribution in [0.1, 0.15) is 66.5 Å². The van der Waals surface area contributed by atoms with Crippen molar-refractivity contribution in [1.29, 1.82) is 0 Å². The maximum Gasteiger partial charge on any atom is 0.331 e. The molecule has 0 aliphatic rings. The zero-order valence-electron chi connectivity index (χ0n) is 23.6. The topological polar surface area (TPSA) is 125 Å². The standard InChI is InChI=1S/C28H46N4O4/c1-17(2)21(14-18(3)26(35)36)32(10)25(34)23(27(4,5)6)31-24(33)22(30-9)28(7,8)20-13-11-12-19(15-20)16-29/h11-15,17,21-23,30H,16,29H2,1-10H3,(H,31,33)(H,35,36)/b18-14+/t21-,22-,23-/m1/s1. The lowest BCUT2D eigenvalue weighted by molar-refractivity contribution is -0.141.